The van der Waals surface area contributed by atoms with Gasteiger partial charge in [0.1, 0.15) is 11.4 Å². The zero-order valence-corrected chi connectivity index (χ0v) is 13.1. The maximum absolute atomic E-state index is 10.9. The Labute approximate surface area is 138 Å². The largest absolute Gasteiger partial charge is 0.505 e. The van der Waals surface area contributed by atoms with Crippen LogP contribution in [0.1, 0.15) is 16.8 Å². The van der Waals surface area contributed by atoms with Crippen LogP contribution in [0.5, 0.6) is 5.75 Å². The Morgan fingerprint density at radius 3 is 2.88 bits per heavy atom. The highest BCUT2D eigenvalue weighted by Gasteiger charge is 2.11. The number of aromatic hydroxyl groups is 1. The molecule has 2 rings (SSSR count). The van der Waals surface area contributed by atoms with Gasteiger partial charge in [0, 0.05) is 36.1 Å². The zero-order chi connectivity index (χ0) is 17.5. The van der Waals surface area contributed by atoms with Gasteiger partial charge in [0.05, 0.1) is 23.8 Å². The molecule has 0 atom stereocenters. The van der Waals surface area contributed by atoms with Gasteiger partial charge in [0.25, 0.3) is 5.69 Å². The number of aliphatic imine (C=N–C) groups is 1. The third-order valence-corrected chi connectivity index (χ3v) is 3.41. The van der Waals surface area contributed by atoms with E-state index in [-0.39, 0.29) is 18.0 Å². The highest BCUT2D eigenvalue weighted by Crippen LogP contribution is 2.23. The van der Waals surface area contributed by atoms with Crippen molar-refractivity contribution in [3.8, 4) is 5.75 Å². The average molecular weight is 330 g/mol. The van der Waals surface area contributed by atoms with E-state index < -0.39 is 4.92 Å². The molecule has 2 aromatic rings. The van der Waals surface area contributed by atoms with Crippen LogP contribution in [-0.4, -0.2) is 39.4 Å². The van der Waals surface area contributed by atoms with Crippen molar-refractivity contribution in [3.63, 3.8) is 0 Å². The summed E-state index contributed by atoms with van der Waals surface area (Å²) in [5, 5.41) is 33.1. The Morgan fingerprint density at radius 2 is 2.17 bits per heavy atom. The molecule has 0 unspecified atom stereocenters. The van der Waals surface area contributed by atoms with E-state index in [9.17, 15) is 20.3 Å². The molecule has 0 bridgehead atoms. The number of nitro benzene ring substituents is 1. The molecule has 0 saturated carbocycles. The Bertz CT molecular complexity index is 762. The maximum Gasteiger partial charge on any atom is 0.292 e. The van der Waals surface area contributed by atoms with Gasteiger partial charge >= 0.3 is 0 Å². The molecule has 8 heteroatoms. The van der Waals surface area contributed by atoms with Crippen LogP contribution in [-0.2, 0) is 6.61 Å². The minimum Gasteiger partial charge on any atom is -0.505 e. The lowest BCUT2D eigenvalue weighted by Gasteiger charge is -2.07. The van der Waals surface area contributed by atoms with E-state index in [1.165, 1.54) is 18.5 Å². The molecule has 1 aromatic heterocycles. The van der Waals surface area contributed by atoms with E-state index in [1.54, 1.807) is 25.1 Å². The number of pyridine rings is 1. The molecule has 0 radical (unpaired) electrons. The molecular weight excluding hydrogens is 312 g/mol. The van der Waals surface area contributed by atoms with Gasteiger partial charge in [-0.2, -0.15) is 0 Å². The highest BCUT2D eigenvalue weighted by molar-refractivity contribution is 5.85. The molecule has 8 nitrogen and oxygen atoms in total. The van der Waals surface area contributed by atoms with Gasteiger partial charge < -0.3 is 15.5 Å². The van der Waals surface area contributed by atoms with Crippen molar-refractivity contribution in [1.29, 1.82) is 0 Å². The summed E-state index contributed by atoms with van der Waals surface area (Å²) in [7, 11) is 0. The van der Waals surface area contributed by atoms with Crippen LogP contribution in [0.2, 0.25) is 0 Å². The first kappa shape index (κ1) is 17.4. The molecule has 1 heterocycles. The lowest BCUT2D eigenvalue weighted by Crippen LogP contribution is -2.07. The first-order valence-electron chi connectivity index (χ1n) is 7.30. The second-order valence-corrected chi connectivity index (χ2v) is 5.03. The Balaban J connectivity index is 2.00. The number of anilines is 1. The van der Waals surface area contributed by atoms with Gasteiger partial charge in [-0.25, -0.2) is 0 Å². The SMILES string of the molecule is Cc1ncc(CO)c(C=NCCNc2ccccc2[N+](=O)[O-])c1O. The monoisotopic (exact) mass is 330 g/mol. The van der Waals surface area contributed by atoms with Gasteiger partial charge in [-0.1, -0.05) is 12.1 Å². The fraction of sp³-hybridized carbons (Fsp3) is 0.250. The first-order valence-corrected chi connectivity index (χ1v) is 7.30. The topological polar surface area (TPSA) is 121 Å². The number of rotatable bonds is 7. The van der Waals surface area contributed by atoms with E-state index >= 15 is 0 Å². The van der Waals surface area contributed by atoms with Crippen molar-refractivity contribution in [2.45, 2.75) is 13.5 Å². The predicted octanol–water partition coefficient (Wildman–Crippen LogP) is 2.03. The van der Waals surface area contributed by atoms with E-state index in [2.05, 4.69) is 15.3 Å². The lowest BCUT2D eigenvalue weighted by molar-refractivity contribution is -0.384. The number of hydrogen-bond acceptors (Lipinski definition) is 7. The fourth-order valence-electron chi connectivity index (χ4n) is 2.12. The van der Waals surface area contributed by atoms with Crippen molar-refractivity contribution >= 4 is 17.6 Å². The molecule has 3 N–H and O–H groups in total. The van der Waals surface area contributed by atoms with Crippen LogP contribution in [0.25, 0.3) is 0 Å². The zero-order valence-electron chi connectivity index (χ0n) is 13.1. The summed E-state index contributed by atoms with van der Waals surface area (Å²) < 4.78 is 0. The number of aromatic nitrogens is 1. The maximum atomic E-state index is 10.9. The van der Waals surface area contributed by atoms with E-state index in [0.717, 1.165) is 0 Å². The van der Waals surface area contributed by atoms with E-state index in [0.29, 0.717) is 35.6 Å². The first-order chi connectivity index (χ1) is 11.5. The second-order valence-electron chi connectivity index (χ2n) is 5.03. The number of benzene rings is 1. The third kappa shape index (κ3) is 4.05. The number of nitro groups is 1. The highest BCUT2D eigenvalue weighted by atomic mass is 16.6. The number of nitrogens with zero attached hydrogens (tertiary/aromatic N) is 3. The molecule has 0 aliphatic heterocycles. The van der Waals surface area contributed by atoms with Crippen LogP contribution in [0, 0.1) is 17.0 Å². The molecule has 0 fully saturated rings. The summed E-state index contributed by atoms with van der Waals surface area (Å²) in [5.41, 5.74) is 1.79. The van der Waals surface area contributed by atoms with Gasteiger partial charge in [-0.15, -0.1) is 0 Å². The number of aliphatic hydroxyl groups excluding tert-OH is 1. The van der Waals surface area contributed by atoms with Crippen molar-refractivity contribution in [2.75, 3.05) is 18.4 Å². The van der Waals surface area contributed by atoms with Crippen molar-refractivity contribution in [1.82, 2.24) is 4.98 Å². The molecule has 1 aromatic carbocycles. The van der Waals surface area contributed by atoms with Gasteiger partial charge in [0.15, 0.2) is 0 Å². The van der Waals surface area contributed by atoms with Crippen LogP contribution < -0.4 is 5.32 Å². The van der Waals surface area contributed by atoms with Crippen LogP contribution in [0.3, 0.4) is 0 Å². The molecule has 0 aliphatic rings. The van der Waals surface area contributed by atoms with Crippen LogP contribution >= 0.6 is 0 Å². The summed E-state index contributed by atoms with van der Waals surface area (Å²) in [4.78, 5) is 18.6. The van der Waals surface area contributed by atoms with Crippen LogP contribution in [0.15, 0.2) is 35.5 Å². The average Bonchev–Trinajstić information content (AvgIpc) is 2.58. The number of nitrogens with one attached hydrogen (secondary N) is 1. The normalized spacial score (nSPS) is 10.9. The smallest absolute Gasteiger partial charge is 0.292 e. The van der Waals surface area contributed by atoms with E-state index in [1.807, 2.05) is 0 Å². The van der Waals surface area contributed by atoms with Crippen molar-refractivity contribution in [2.24, 2.45) is 4.99 Å². The van der Waals surface area contributed by atoms with Crippen molar-refractivity contribution in [3.05, 3.63) is 57.4 Å². The van der Waals surface area contributed by atoms with Gasteiger partial charge in [-0.05, 0) is 13.0 Å². The van der Waals surface area contributed by atoms with Gasteiger partial charge in [0.2, 0.25) is 0 Å². The van der Waals surface area contributed by atoms with Crippen LogP contribution in [0.4, 0.5) is 11.4 Å². The summed E-state index contributed by atoms with van der Waals surface area (Å²) >= 11 is 0. The fourth-order valence-corrected chi connectivity index (χ4v) is 2.12. The molecular formula is C16H18N4O4. The molecule has 0 saturated heterocycles. The number of hydrogen-bond donors (Lipinski definition) is 3. The Kier molecular flexibility index (Phi) is 5.80. The predicted molar refractivity (Wildman–Crippen MR) is 90.6 cm³/mol. The summed E-state index contributed by atoms with van der Waals surface area (Å²) in [6, 6.07) is 6.37. The molecule has 0 amide bonds. The Morgan fingerprint density at radius 1 is 1.42 bits per heavy atom. The second kappa shape index (κ2) is 8.02. The quantitative estimate of drug-likeness (QED) is 0.309. The molecule has 0 aliphatic carbocycles. The van der Waals surface area contributed by atoms with Crippen molar-refractivity contribution < 1.29 is 15.1 Å². The lowest BCUT2D eigenvalue weighted by atomic mass is 10.1. The summed E-state index contributed by atoms with van der Waals surface area (Å²) in [6.45, 7) is 2.14. The summed E-state index contributed by atoms with van der Waals surface area (Å²) in [5.74, 6) is -0.0167. The van der Waals surface area contributed by atoms with E-state index in [4.69, 9.17) is 0 Å². The third-order valence-electron chi connectivity index (χ3n) is 3.41. The molecule has 0 spiro atoms. The molecule has 24 heavy (non-hydrogen) atoms. The minimum absolute atomic E-state index is 0.00597. The molecule has 126 valence electrons. The Hall–Kier alpha value is -3.00. The number of para-hydroxylation sites is 2. The number of aryl methyl sites for hydroxylation is 1. The minimum atomic E-state index is -0.448. The standard InChI is InChI=1S/C16H18N4O4/c1-11-16(22)13(12(10-21)8-19-11)9-17-6-7-18-14-4-2-3-5-15(14)20(23)24/h2-5,8-9,18,21-22H,6-7,10H2,1H3. The summed E-state index contributed by atoms with van der Waals surface area (Å²) in [6.07, 6.45) is 2.96. The number of aliphatic hydroxyl groups is 1. The van der Waals surface area contributed by atoms with Gasteiger partial charge in [-0.3, -0.25) is 20.1 Å².